The van der Waals surface area contributed by atoms with Crippen LogP contribution in [0.15, 0.2) is 23.3 Å². The number of H-pyrrole nitrogens is 2. The molecular formula is C9H7Cl2N5S. The van der Waals surface area contributed by atoms with Crippen LogP contribution in [0.1, 0.15) is 5.56 Å². The quantitative estimate of drug-likeness (QED) is 0.461. The summed E-state index contributed by atoms with van der Waals surface area (Å²) < 4.78 is 0.350. The second-order valence-corrected chi connectivity index (χ2v) is 4.20. The summed E-state index contributed by atoms with van der Waals surface area (Å²) >= 11 is 16.6. The first-order valence-electron chi connectivity index (χ1n) is 4.54. The minimum absolute atomic E-state index is 0.350. The number of benzene rings is 1. The van der Waals surface area contributed by atoms with Crippen LogP contribution in [0.5, 0.6) is 0 Å². The van der Waals surface area contributed by atoms with E-state index in [0.29, 0.717) is 26.3 Å². The molecule has 2 aromatic rings. The van der Waals surface area contributed by atoms with Crippen molar-refractivity contribution in [2.75, 3.05) is 5.43 Å². The van der Waals surface area contributed by atoms with Gasteiger partial charge in [-0.05, 0) is 18.3 Å². The number of hydrazone groups is 1. The first-order chi connectivity index (χ1) is 8.16. The molecule has 0 bridgehead atoms. The van der Waals surface area contributed by atoms with E-state index in [0.717, 1.165) is 0 Å². The lowest BCUT2D eigenvalue weighted by molar-refractivity contribution is 1.07. The summed E-state index contributed by atoms with van der Waals surface area (Å²) in [6.45, 7) is 0. The van der Waals surface area contributed by atoms with Crippen molar-refractivity contribution >= 4 is 47.6 Å². The number of nitrogens with zero attached hydrogens (tertiary/aromatic N) is 2. The molecule has 0 radical (unpaired) electrons. The molecule has 0 unspecified atom stereocenters. The molecule has 0 saturated heterocycles. The van der Waals surface area contributed by atoms with Crippen LogP contribution in [0.2, 0.25) is 10.0 Å². The van der Waals surface area contributed by atoms with Gasteiger partial charge in [0.25, 0.3) is 0 Å². The first kappa shape index (κ1) is 12.1. The van der Waals surface area contributed by atoms with Gasteiger partial charge >= 0.3 is 0 Å². The van der Waals surface area contributed by atoms with Gasteiger partial charge in [0.2, 0.25) is 10.7 Å². The molecule has 0 saturated carbocycles. The summed E-state index contributed by atoms with van der Waals surface area (Å²) in [7, 11) is 0. The molecule has 1 heterocycles. The van der Waals surface area contributed by atoms with Gasteiger partial charge in [-0.1, -0.05) is 35.3 Å². The van der Waals surface area contributed by atoms with Gasteiger partial charge in [-0.15, -0.1) is 0 Å². The highest BCUT2D eigenvalue weighted by Gasteiger charge is 2.01. The molecule has 0 aliphatic carbocycles. The average molecular weight is 288 g/mol. The number of hydrogen-bond donors (Lipinski definition) is 3. The summed E-state index contributed by atoms with van der Waals surface area (Å²) in [5, 5.41) is 10.2. The molecular weight excluding hydrogens is 281 g/mol. The van der Waals surface area contributed by atoms with Crippen molar-refractivity contribution in [1.82, 2.24) is 15.2 Å². The highest BCUT2D eigenvalue weighted by Crippen LogP contribution is 2.24. The normalized spacial score (nSPS) is 10.9. The Kier molecular flexibility index (Phi) is 3.78. The number of aromatic amines is 2. The summed E-state index contributed by atoms with van der Waals surface area (Å²) in [6.07, 6.45) is 1.54. The minimum Gasteiger partial charge on any atom is -0.272 e. The number of rotatable bonds is 3. The Morgan fingerprint density at radius 3 is 2.88 bits per heavy atom. The molecule has 0 atom stereocenters. The maximum atomic E-state index is 5.98. The molecule has 0 spiro atoms. The lowest BCUT2D eigenvalue weighted by Crippen LogP contribution is -1.93. The van der Waals surface area contributed by atoms with E-state index in [2.05, 4.69) is 25.7 Å². The Bertz CT molecular complexity index is 603. The fourth-order valence-electron chi connectivity index (χ4n) is 1.11. The van der Waals surface area contributed by atoms with E-state index in [-0.39, 0.29) is 0 Å². The van der Waals surface area contributed by atoms with E-state index in [1.54, 1.807) is 24.4 Å². The second-order valence-electron chi connectivity index (χ2n) is 3.03. The Morgan fingerprint density at radius 2 is 2.18 bits per heavy atom. The number of anilines is 1. The second kappa shape index (κ2) is 5.31. The lowest BCUT2D eigenvalue weighted by atomic mass is 10.2. The van der Waals surface area contributed by atoms with Gasteiger partial charge in [-0.2, -0.15) is 10.1 Å². The zero-order chi connectivity index (χ0) is 12.3. The molecule has 88 valence electrons. The Hall–Kier alpha value is -1.37. The molecule has 2 rings (SSSR count). The number of hydrogen-bond acceptors (Lipinski definition) is 4. The van der Waals surface area contributed by atoms with Gasteiger partial charge in [0.1, 0.15) is 0 Å². The number of nitrogens with one attached hydrogen (secondary N) is 3. The molecule has 0 fully saturated rings. The Balaban J connectivity index is 2.10. The highest BCUT2D eigenvalue weighted by atomic mass is 35.5. The number of halogens is 2. The zero-order valence-electron chi connectivity index (χ0n) is 8.37. The fourth-order valence-corrected chi connectivity index (χ4v) is 1.61. The summed E-state index contributed by atoms with van der Waals surface area (Å²) in [4.78, 5) is 3.90. The Labute approximate surface area is 112 Å². The SMILES string of the molecule is S=c1nc(N/N=C\c2cccc(Cl)c2Cl)[nH][nH]1. The van der Waals surface area contributed by atoms with Crippen LogP contribution < -0.4 is 5.43 Å². The van der Waals surface area contributed by atoms with Gasteiger partial charge in [0, 0.05) is 5.56 Å². The van der Waals surface area contributed by atoms with E-state index >= 15 is 0 Å². The van der Waals surface area contributed by atoms with E-state index in [1.165, 1.54) is 0 Å². The van der Waals surface area contributed by atoms with Crippen LogP contribution >= 0.6 is 35.4 Å². The van der Waals surface area contributed by atoms with E-state index in [4.69, 9.17) is 35.4 Å². The van der Waals surface area contributed by atoms with Crippen LogP contribution in [0.3, 0.4) is 0 Å². The summed E-state index contributed by atoms with van der Waals surface area (Å²) in [5.74, 6) is 0.421. The van der Waals surface area contributed by atoms with Crippen LogP contribution in [-0.2, 0) is 0 Å². The van der Waals surface area contributed by atoms with Crippen molar-refractivity contribution in [3.63, 3.8) is 0 Å². The van der Waals surface area contributed by atoms with Crippen LogP contribution in [0, 0.1) is 4.77 Å². The van der Waals surface area contributed by atoms with Crippen molar-refractivity contribution in [2.24, 2.45) is 5.10 Å². The number of aromatic nitrogens is 3. The third-order valence-corrected chi connectivity index (χ3v) is 2.88. The van der Waals surface area contributed by atoms with Gasteiger partial charge in [-0.3, -0.25) is 10.2 Å². The van der Waals surface area contributed by atoms with Crippen molar-refractivity contribution in [1.29, 1.82) is 0 Å². The summed E-state index contributed by atoms with van der Waals surface area (Å²) in [6, 6.07) is 5.30. The lowest BCUT2D eigenvalue weighted by Gasteiger charge is -1.99. The molecule has 5 nitrogen and oxygen atoms in total. The minimum atomic E-state index is 0.350. The predicted molar refractivity (Wildman–Crippen MR) is 71.5 cm³/mol. The third-order valence-electron chi connectivity index (χ3n) is 1.86. The van der Waals surface area contributed by atoms with Gasteiger partial charge in [0.05, 0.1) is 16.3 Å². The molecule has 1 aromatic carbocycles. The van der Waals surface area contributed by atoms with E-state index in [1.807, 2.05) is 0 Å². The maximum Gasteiger partial charge on any atom is 0.238 e. The third kappa shape index (κ3) is 3.06. The molecule has 8 heteroatoms. The maximum absolute atomic E-state index is 5.98. The van der Waals surface area contributed by atoms with Gasteiger partial charge in [0.15, 0.2) is 0 Å². The van der Waals surface area contributed by atoms with Gasteiger partial charge in [-0.25, -0.2) is 5.43 Å². The molecule has 1 aromatic heterocycles. The monoisotopic (exact) mass is 287 g/mol. The fraction of sp³-hybridized carbons (Fsp3) is 0. The standard InChI is InChI=1S/C9H7Cl2N5S/c10-6-3-1-2-5(7(6)11)4-12-14-8-13-9(17)16-15-8/h1-4H,(H3,13,14,15,16,17)/b12-4-. The van der Waals surface area contributed by atoms with Crippen molar-refractivity contribution < 1.29 is 0 Å². The smallest absolute Gasteiger partial charge is 0.238 e. The largest absolute Gasteiger partial charge is 0.272 e. The average Bonchev–Trinajstić information content (AvgIpc) is 2.70. The first-order valence-corrected chi connectivity index (χ1v) is 5.71. The summed E-state index contributed by atoms with van der Waals surface area (Å²) in [5.41, 5.74) is 3.37. The van der Waals surface area contributed by atoms with E-state index in [9.17, 15) is 0 Å². The van der Waals surface area contributed by atoms with Crippen molar-refractivity contribution in [2.45, 2.75) is 0 Å². The zero-order valence-corrected chi connectivity index (χ0v) is 10.7. The van der Waals surface area contributed by atoms with Crippen LogP contribution in [0.25, 0.3) is 0 Å². The highest BCUT2D eigenvalue weighted by molar-refractivity contribution is 7.71. The molecule has 3 N–H and O–H groups in total. The van der Waals surface area contributed by atoms with Crippen molar-refractivity contribution in [3.8, 4) is 0 Å². The molecule has 17 heavy (non-hydrogen) atoms. The Morgan fingerprint density at radius 1 is 1.35 bits per heavy atom. The molecule has 0 aliphatic heterocycles. The van der Waals surface area contributed by atoms with E-state index < -0.39 is 0 Å². The molecule has 0 aliphatic rings. The van der Waals surface area contributed by atoms with Crippen LogP contribution in [0.4, 0.5) is 5.95 Å². The predicted octanol–water partition coefficient (Wildman–Crippen LogP) is 3.22. The van der Waals surface area contributed by atoms with Crippen molar-refractivity contribution in [3.05, 3.63) is 38.6 Å². The topological polar surface area (TPSA) is 68.9 Å². The van der Waals surface area contributed by atoms with Gasteiger partial charge < -0.3 is 0 Å². The van der Waals surface area contributed by atoms with Crippen LogP contribution in [-0.4, -0.2) is 21.4 Å². The molecule has 0 amide bonds.